The topological polar surface area (TPSA) is 70.4 Å². The second-order valence-electron chi connectivity index (χ2n) is 4.64. The van der Waals surface area contributed by atoms with E-state index in [1.807, 2.05) is 0 Å². The van der Waals surface area contributed by atoms with E-state index in [0.717, 1.165) is 19.4 Å². The minimum absolute atomic E-state index is 0.0225. The van der Waals surface area contributed by atoms with Gasteiger partial charge in [-0.25, -0.2) is 0 Å². The Labute approximate surface area is 107 Å². The van der Waals surface area contributed by atoms with Crippen LogP contribution in [0, 0.1) is 0 Å². The molecule has 2 rings (SSSR count). The van der Waals surface area contributed by atoms with Crippen molar-refractivity contribution in [3.63, 3.8) is 0 Å². The van der Waals surface area contributed by atoms with E-state index >= 15 is 0 Å². The predicted molar refractivity (Wildman–Crippen MR) is 67.2 cm³/mol. The smallest absolute Gasteiger partial charge is 0.274 e. The summed E-state index contributed by atoms with van der Waals surface area (Å²) in [6.45, 7) is 1.98. The van der Waals surface area contributed by atoms with Gasteiger partial charge in [-0.05, 0) is 25.5 Å². The second-order valence-corrected chi connectivity index (χ2v) is 4.64. The molecule has 100 valence electrons. The number of amides is 1. The maximum Gasteiger partial charge on any atom is 0.274 e. The SMILES string of the molecule is Cn1ccc(C(=O)N(CCO)CC2CCCN2)n1. The maximum absolute atomic E-state index is 12.2. The van der Waals surface area contributed by atoms with Gasteiger partial charge in [0, 0.05) is 32.4 Å². The molecule has 2 heterocycles. The molecule has 1 aromatic rings. The Morgan fingerprint density at radius 1 is 1.72 bits per heavy atom. The predicted octanol–water partition coefficient (Wildman–Crippen LogP) is -0.393. The fourth-order valence-corrected chi connectivity index (χ4v) is 2.27. The average Bonchev–Trinajstić information content (AvgIpc) is 2.99. The van der Waals surface area contributed by atoms with Crippen LogP contribution in [0.2, 0.25) is 0 Å². The van der Waals surface area contributed by atoms with Gasteiger partial charge in [0.25, 0.3) is 5.91 Å². The second kappa shape index (κ2) is 5.97. The van der Waals surface area contributed by atoms with Crippen molar-refractivity contribution < 1.29 is 9.90 Å². The van der Waals surface area contributed by atoms with Crippen LogP contribution in [0.3, 0.4) is 0 Å². The number of rotatable bonds is 5. The van der Waals surface area contributed by atoms with Gasteiger partial charge in [0.05, 0.1) is 6.61 Å². The molecule has 18 heavy (non-hydrogen) atoms. The molecule has 1 aliphatic heterocycles. The third-order valence-electron chi connectivity index (χ3n) is 3.19. The summed E-state index contributed by atoms with van der Waals surface area (Å²) in [5, 5.41) is 16.5. The summed E-state index contributed by atoms with van der Waals surface area (Å²) in [6, 6.07) is 2.04. The summed E-state index contributed by atoms with van der Waals surface area (Å²) >= 11 is 0. The highest BCUT2D eigenvalue weighted by molar-refractivity contribution is 5.92. The van der Waals surface area contributed by atoms with E-state index in [1.54, 1.807) is 28.9 Å². The lowest BCUT2D eigenvalue weighted by atomic mass is 10.2. The van der Waals surface area contributed by atoms with Crippen LogP contribution in [0.4, 0.5) is 0 Å². The molecule has 6 nitrogen and oxygen atoms in total. The van der Waals surface area contributed by atoms with Crippen LogP contribution < -0.4 is 5.32 Å². The number of nitrogens with zero attached hydrogens (tertiary/aromatic N) is 3. The van der Waals surface area contributed by atoms with Crippen molar-refractivity contribution in [1.82, 2.24) is 20.0 Å². The minimum Gasteiger partial charge on any atom is -0.395 e. The van der Waals surface area contributed by atoms with Gasteiger partial charge >= 0.3 is 0 Å². The molecule has 1 aliphatic rings. The molecular weight excluding hydrogens is 232 g/mol. The van der Waals surface area contributed by atoms with Crippen molar-refractivity contribution >= 4 is 5.91 Å². The van der Waals surface area contributed by atoms with Gasteiger partial charge in [0.2, 0.25) is 0 Å². The van der Waals surface area contributed by atoms with Gasteiger partial charge in [0.15, 0.2) is 0 Å². The summed E-state index contributed by atoms with van der Waals surface area (Å²) in [6.07, 6.45) is 3.98. The Morgan fingerprint density at radius 3 is 3.11 bits per heavy atom. The van der Waals surface area contributed by atoms with Crippen LogP contribution in [0.25, 0.3) is 0 Å². The minimum atomic E-state index is -0.113. The summed E-state index contributed by atoms with van der Waals surface area (Å²) in [4.78, 5) is 13.9. The Hall–Kier alpha value is -1.40. The van der Waals surface area contributed by atoms with Crippen molar-refractivity contribution in [1.29, 1.82) is 0 Å². The molecule has 1 amide bonds. The zero-order valence-electron chi connectivity index (χ0n) is 10.7. The van der Waals surface area contributed by atoms with Gasteiger partial charge in [-0.2, -0.15) is 5.10 Å². The molecular formula is C12H20N4O2. The molecule has 0 aromatic carbocycles. The van der Waals surface area contributed by atoms with Crippen molar-refractivity contribution in [2.75, 3.05) is 26.2 Å². The number of carbonyl (C=O) groups excluding carboxylic acids is 1. The van der Waals surface area contributed by atoms with E-state index in [9.17, 15) is 4.79 Å². The van der Waals surface area contributed by atoms with Gasteiger partial charge in [-0.3, -0.25) is 9.48 Å². The number of aryl methyl sites for hydroxylation is 1. The Balaban J connectivity index is 2.01. The first-order chi connectivity index (χ1) is 8.70. The lowest BCUT2D eigenvalue weighted by Gasteiger charge is -2.24. The van der Waals surface area contributed by atoms with E-state index in [2.05, 4.69) is 10.4 Å². The Morgan fingerprint density at radius 2 is 2.56 bits per heavy atom. The van der Waals surface area contributed by atoms with Crippen LogP contribution in [0.5, 0.6) is 0 Å². The third kappa shape index (κ3) is 3.08. The standard InChI is InChI=1S/C12H20N4O2/c1-15-6-4-11(14-15)12(18)16(7-8-17)9-10-3-2-5-13-10/h4,6,10,13,17H,2-3,5,7-9H2,1H3. The number of hydrogen-bond donors (Lipinski definition) is 2. The molecule has 2 N–H and O–H groups in total. The van der Waals surface area contributed by atoms with E-state index < -0.39 is 0 Å². The molecule has 0 spiro atoms. The van der Waals surface area contributed by atoms with Gasteiger partial charge in [-0.15, -0.1) is 0 Å². The van der Waals surface area contributed by atoms with E-state index in [-0.39, 0.29) is 12.5 Å². The molecule has 1 aromatic heterocycles. The molecule has 6 heteroatoms. The molecule has 1 unspecified atom stereocenters. The van der Waals surface area contributed by atoms with E-state index in [1.165, 1.54) is 0 Å². The monoisotopic (exact) mass is 252 g/mol. The van der Waals surface area contributed by atoms with Crippen molar-refractivity contribution in [2.45, 2.75) is 18.9 Å². The Kier molecular flexibility index (Phi) is 4.33. The van der Waals surface area contributed by atoms with Gasteiger partial charge in [0.1, 0.15) is 5.69 Å². The number of carbonyl (C=O) groups is 1. The third-order valence-corrected chi connectivity index (χ3v) is 3.19. The molecule has 0 radical (unpaired) electrons. The number of aromatic nitrogens is 2. The highest BCUT2D eigenvalue weighted by atomic mass is 16.3. The highest BCUT2D eigenvalue weighted by Gasteiger charge is 2.23. The van der Waals surface area contributed by atoms with Crippen LogP contribution in [0.15, 0.2) is 12.3 Å². The highest BCUT2D eigenvalue weighted by Crippen LogP contribution is 2.09. The zero-order valence-corrected chi connectivity index (χ0v) is 10.7. The number of nitrogens with one attached hydrogen (secondary N) is 1. The van der Waals surface area contributed by atoms with Crippen LogP contribution in [0.1, 0.15) is 23.3 Å². The van der Waals surface area contributed by atoms with Crippen LogP contribution in [-0.4, -0.2) is 58.0 Å². The first kappa shape index (κ1) is 13.0. The summed E-state index contributed by atoms with van der Waals surface area (Å²) < 4.78 is 1.61. The van der Waals surface area contributed by atoms with E-state index in [4.69, 9.17) is 5.11 Å². The zero-order chi connectivity index (χ0) is 13.0. The van der Waals surface area contributed by atoms with Crippen LogP contribution in [-0.2, 0) is 7.05 Å². The lowest BCUT2D eigenvalue weighted by Crippen LogP contribution is -2.42. The molecule has 0 aliphatic carbocycles. The summed E-state index contributed by atoms with van der Waals surface area (Å²) in [5.41, 5.74) is 0.434. The van der Waals surface area contributed by atoms with E-state index in [0.29, 0.717) is 24.8 Å². The van der Waals surface area contributed by atoms with Gasteiger partial charge in [-0.1, -0.05) is 0 Å². The molecule has 1 saturated heterocycles. The van der Waals surface area contributed by atoms with Crippen molar-refractivity contribution in [3.8, 4) is 0 Å². The number of hydrogen-bond acceptors (Lipinski definition) is 4. The largest absolute Gasteiger partial charge is 0.395 e. The normalized spacial score (nSPS) is 19.1. The van der Waals surface area contributed by atoms with Crippen molar-refractivity contribution in [3.05, 3.63) is 18.0 Å². The molecule has 0 bridgehead atoms. The van der Waals surface area contributed by atoms with Crippen LogP contribution >= 0.6 is 0 Å². The summed E-state index contributed by atoms with van der Waals surface area (Å²) in [7, 11) is 1.78. The summed E-state index contributed by atoms with van der Waals surface area (Å²) in [5.74, 6) is -0.113. The fourth-order valence-electron chi connectivity index (χ4n) is 2.27. The first-order valence-corrected chi connectivity index (χ1v) is 6.34. The van der Waals surface area contributed by atoms with Crippen molar-refractivity contribution in [2.24, 2.45) is 7.05 Å². The quantitative estimate of drug-likeness (QED) is 0.748. The number of aliphatic hydroxyl groups excluding tert-OH is 1. The maximum atomic E-state index is 12.2. The molecule has 1 fully saturated rings. The molecule has 0 saturated carbocycles. The first-order valence-electron chi connectivity index (χ1n) is 6.34. The molecule has 1 atom stereocenters. The Bertz CT molecular complexity index is 399. The lowest BCUT2D eigenvalue weighted by molar-refractivity contribution is 0.0700. The number of aliphatic hydroxyl groups is 1. The average molecular weight is 252 g/mol. The van der Waals surface area contributed by atoms with Gasteiger partial charge < -0.3 is 15.3 Å². The fraction of sp³-hybridized carbons (Fsp3) is 0.667.